The third-order valence-electron chi connectivity index (χ3n) is 8.17. The van der Waals surface area contributed by atoms with E-state index in [9.17, 15) is 13.2 Å². The molecule has 3 aliphatic rings. The second-order valence-corrected chi connectivity index (χ2v) is 12.3. The summed E-state index contributed by atoms with van der Waals surface area (Å²) >= 11 is 0. The lowest BCUT2D eigenvalue weighted by molar-refractivity contribution is -0.138. The number of hydrogen-bond acceptors (Lipinski definition) is 5. The number of sulfonamides is 1. The van der Waals surface area contributed by atoms with Gasteiger partial charge in [0, 0.05) is 37.1 Å². The van der Waals surface area contributed by atoms with E-state index in [1.807, 2.05) is 35.2 Å². The predicted molar refractivity (Wildman–Crippen MR) is 141 cm³/mol. The van der Waals surface area contributed by atoms with Crippen molar-refractivity contribution < 1.29 is 17.9 Å². The topological polar surface area (TPSA) is 70.2 Å². The number of fused-ring (bicyclic) bond motifs is 1. The van der Waals surface area contributed by atoms with Gasteiger partial charge in [-0.15, -0.1) is 0 Å². The predicted octanol–water partition coefficient (Wildman–Crippen LogP) is 3.88. The fraction of sp³-hybridized carbons (Fsp3) is 0.607. The second kappa shape index (κ2) is 11.6. The number of benzene rings is 2. The van der Waals surface area contributed by atoms with E-state index in [4.69, 9.17) is 4.74 Å². The van der Waals surface area contributed by atoms with Gasteiger partial charge in [-0.2, -0.15) is 4.31 Å². The zero-order chi connectivity index (χ0) is 25.0. The summed E-state index contributed by atoms with van der Waals surface area (Å²) in [7, 11) is -3.67. The van der Waals surface area contributed by atoms with E-state index in [0.29, 0.717) is 17.5 Å². The smallest absolute Gasteiger partial charge is 0.248 e. The highest BCUT2D eigenvalue weighted by atomic mass is 32.2. The normalized spacial score (nSPS) is 23.2. The van der Waals surface area contributed by atoms with Gasteiger partial charge in [0.2, 0.25) is 15.9 Å². The zero-order valence-corrected chi connectivity index (χ0v) is 22.0. The van der Waals surface area contributed by atoms with Crippen LogP contribution in [0, 0.1) is 0 Å². The number of rotatable bonds is 7. The Balaban J connectivity index is 1.16. The molecule has 0 radical (unpaired) electrons. The average molecular weight is 514 g/mol. The number of carbonyl (C=O) groups is 1. The fourth-order valence-electron chi connectivity index (χ4n) is 6.14. The van der Waals surface area contributed by atoms with Crippen LogP contribution in [0.3, 0.4) is 0 Å². The fourth-order valence-corrected chi connectivity index (χ4v) is 8.04. The first kappa shape index (κ1) is 25.6. The Hall–Kier alpha value is -2.00. The number of amides is 1. The van der Waals surface area contributed by atoms with Crippen LogP contribution < -0.4 is 0 Å². The van der Waals surface area contributed by atoms with Gasteiger partial charge >= 0.3 is 0 Å². The second-order valence-electron chi connectivity index (χ2n) is 10.5. The molecule has 0 aromatic heterocycles. The molecule has 0 saturated carbocycles. The summed E-state index contributed by atoms with van der Waals surface area (Å²) < 4.78 is 34.9. The van der Waals surface area contributed by atoms with E-state index < -0.39 is 10.0 Å². The Bertz CT molecular complexity index is 1140. The van der Waals surface area contributed by atoms with Crippen LogP contribution in [-0.2, 0) is 19.6 Å². The van der Waals surface area contributed by atoms with Gasteiger partial charge < -0.3 is 14.5 Å². The Morgan fingerprint density at radius 1 is 0.833 bits per heavy atom. The van der Waals surface area contributed by atoms with Crippen LogP contribution in [0.5, 0.6) is 0 Å². The van der Waals surface area contributed by atoms with Gasteiger partial charge in [-0.05, 0) is 63.1 Å². The van der Waals surface area contributed by atoms with Gasteiger partial charge in [0.1, 0.15) is 6.61 Å². The monoisotopic (exact) mass is 513 g/mol. The molecular weight excluding hydrogens is 474 g/mol. The number of piperidine rings is 3. The highest BCUT2D eigenvalue weighted by molar-refractivity contribution is 7.89. The lowest BCUT2D eigenvalue weighted by Gasteiger charge is -2.40. The molecule has 0 aliphatic carbocycles. The molecule has 2 aromatic rings. The first-order valence-electron chi connectivity index (χ1n) is 13.6. The number of hydrogen-bond donors (Lipinski definition) is 0. The third kappa shape index (κ3) is 5.62. The first-order valence-corrected chi connectivity index (χ1v) is 15.1. The van der Waals surface area contributed by atoms with Crippen LogP contribution >= 0.6 is 0 Å². The summed E-state index contributed by atoms with van der Waals surface area (Å²) in [6, 6.07) is 13.4. The number of nitrogens with zero attached hydrogens (tertiary/aromatic N) is 3. The molecule has 0 N–H and O–H groups in total. The van der Waals surface area contributed by atoms with Gasteiger partial charge in [0.05, 0.1) is 11.5 Å². The molecule has 1 amide bonds. The minimum absolute atomic E-state index is 0.0198. The van der Waals surface area contributed by atoms with Crippen LogP contribution in [0.25, 0.3) is 10.8 Å². The lowest BCUT2D eigenvalue weighted by atomic mass is 10.00. The molecule has 5 rings (SSSR count). The summed E-state index contributed by atoms with van der Waals surface area (Å²) in [5, 5.41) is 1.66. The summed E-state index contributed by atoms with van der Waals surface area (Å²) in [5.74, 6) is 0.0198. The largest absolute Gasteiger partial charge is 0.370 e. The molecular formula is C28H39N3O4S. The average Bonchev–Trinajstić information content (AvgIpc) is 2.93. The molecule has 196 valence electrons. The van der Waals surface area contributed by atoms with Crippen molar-refractivity contribution in [3.05, 3.63) is 42.5 Å². The maximum absolute atomic E-state index is 13.7. The minimum Gasteiger partial charge on any atom is -0.370 e. The van der Waals surface area contributed by atoms with Crippen molar-refractivity contribution in [2.75, 3.05) is 45.9 Å². The van der Waals surface area contributed by atoms with Crippen LogP contribution in [0.2, 0.25) is 0 Å². The van der Waals surface area contributed by atoms with Crippen LogP contribution in [0.4, 0.5) is 0 Å². The molecule has 1 atom stereocenters. The number of likely N-dealkylation sites (tertiary alicyclic amines) is 2. The van der Waals surface area contributed by atoms with E-state index in [0.717, 1.165) is 56.0 Å². The lowest BCUT2D eigenvalue weighted by Crippen LogP contribution is -2.49. The highest BCUT2D eigenvalue weighted by Crippen LogP contribution is 2.30. The molecule has 1 unspecified atom stereocenters. The van der Waals surface area contributed by atoms with E-state index in [1.165, 1.54) is 32.4 Å². The van der Waals surface area contributed by atoms with Gasteiger partial charge in [-0.3, -0.25) is 4.79 Å². The summed E-state index contributed by atoms with van der Waals surface area (Å²) in [6.45, 7) is 4.72. The Labute approximate surface area is 215 Å². The molecule has 8 heteroatoms. The molecule has 36 heavy (non-hydrogen) atoms. The Morgan fingerprint density at radius 3 is 2.36 bits per heavy atom. The van der Waals surface area contributed by atoms with Crippen molar-refractivity contribution in [3.63, 3.8) is 0 Å². The van der Waals surface area contributed by atoms with Gasteiger partial charge in [0.15, 0.2) is 0 Å². The standard InChI is InChI=1S/C28H39N3O4S/c32-28(30-19-14-24(15-20-30)29-16-5-1-6-17-29)22-35-21-25-11-4-7-18-31(25)36(33,34)27-13-8-10-23-9-2-3-12-26(23)27/h2-3,8-10,12-13,24-25H,1,4-7,11,14-22H2. The summed E-state index contributed by atoms with van der Waals surface area (Å²) in [4.78, 5) is 17.7. The Morgan fingerprint density at radius 2 is 1.56 bits per heavy atom. The molecule has 3 aliphatic heterocycles. The maximum atomic E-state index is 13.7. The molecule has 3 heterocycles. The number of carbonyl (C=O) groups excluding carboxylic acids is 1. The zero-order valence-electron chi connectivity index (χ0n) is 21.2. The molecule has 7 nitrogen and oxygen atoms in total. The minimum atomic E-state index is -3.67. The molecule has 3 saturated heterocycles. The maximum Gasteiger partial charge on any atom is 0.248 e. The van der Waals surface area contributed by atoms with Crippen molar-refractivity contribution in [3.8, 4) is 0 Å². The van der Waals surface area contributed by atoms with Crippen molar-refractivity contribution in [1.82, 2.24) is 14.1 Å². The Kier molecular flexibility index (Phi) is 8.25. The molecule has 3 fully saturated rings. The number of ether oxygens (including phenoxy) is 1. The van der Waals surface area contributed by atoms with Gasteiger partial charge in [0.25, 0.3) is 0 Å². The van der Waals surface area contributed by atoms with E-state index >= 15 is 0 Å². The summed E-state index contributed by atoms with van der Waals surface area (Å²) in [5.41, 5.74) is 0. The highest BCUT2D eigenvalue weighted by Gasteiger charge is 2.35. The van der Waals surface area contributed by atoms with Crippen LogP contribution in [0.1, 0.15) is 51.4 Å². The molecule has 0 spiro atoms. The quantitative estimate of drug-likeness (QED) is 0.562. The van der Waals surface area contributed by atoms with E-state index in [2.05, 4.69) is 4.90 Å². The van der Waals surface area contributed by atoms with Crippen LogP contribution in [-0.4, -0.2) is 86.5 Å². The van der Waals surface area contributed by atoms with Crippen molar-refractivity contribution in [2.24, 2.45) is 0 Å². The van der Waals surface area contributed by atoms with Crippen molar-refractivity contribution in [1.29, 1.82) is 0 Å². The molecule has 2 aromatic carbocycles. The first-order chi connectivity index (χ1) is 17.5. The third-order valence-corrected chi connectivity index (χ3v) is 10.2. The van der Waals surface area contributed by atoms with Crippen molar-refractivity contribution >= 4 is 26.7 Å². The van der Waals surface area contributed by atoms with Crippen molar-refractivity contribution in [2.45, 2.75) is 68.3 Å². The molecule has 0 bridgehead atoms. The summed E-state index contributed by atoms with van der Waals surface area (Å²) in [6.07, 6.45) is 8.55. The van der Waals surface area contributed by atoms with Crippen LogP contribution in [0.15, 0.2) is 47.4 Å². The van der Waals surface area contributed by atoms with Gasteiger partial charge in [-0.25, -0.2) is 8.42 Å². The SMILES string of the molecule is O=C(COCC1CCCCN1S(=O)(=O)c1cccc2ccccc12)N1CCC(N2CCCCC2)CC1. The van der Waals surface area contributed by atoms with E-state index in [1.54, 1.807) is 16.4 Å². The van der Waals surface area contributed by atoms with Gasteiger partial charge in [-0.1, -0.05) is 49.2 Å². The van der Waals surface area contributed by atoms with E-state index in [-0.39, 0.29) is 25.2 Å².